The number of rotatable bonds is 6. The first kappa shape index (κ1) is 23.9. The van der Waals surface area contributed by atoms with Gasteiger partial charge in [-0.25, -0.2) is 4.79 Å². The van der Waals surface area contributed by atoms with Crippen LogP contribution in [0.4, 0.5) is 4.79 Å². The van der Waals surface area contributed by atoms with E-state index in [4.69, 9.17) is 16.7 Å². The second kappa shape index (κ2) is 9.63. The summed E-state index contributed by atoms with van der Waals surface area (Å²) in [7, 11) is 0. The molecule has 2 rings (SSSR count). The smallest absolute Gasteiger partial charge is 0.405 e. The lowest BCUT2D eigenvalue weighted by atomic mass is 9.85. The molecule has 9 nitrogen and oxygen atoms in total. The Hall–Kier alpha value is -2.36. The van der Waals surface area contributed by atoms with Crippen LogP contribution >= 0.6 is 11.6 Å². The number of likely N-dealkylation sites (tertiary alicyclic amines) is 1. The van der Waals surface area contributed by atoms with Crippen molar-refractivity contribution >= 4 is 29.5 Å². The van der Waals surface area contributed by atoms with E-state index in [0.717, 1.165) is 0 Å². The van der Waals surface area contributed by atoms with Gasteiger partial charge >= 0.3 is 6.09 Å². The lowest BCUT2D eigenvalue weighted by molar-refractivity contribution is -0.142. The zero-order chi connectivity index (χ0) is 22.6. The maximum absolute atomic E-state index is 13.1. The molecule has 0 aliphatic carbocycles. The number of amides is 3. The fraction of sp³-hybridized carbons (Fsp3) is 0.550. The van der Waals surface area contributed by atoms with Gasteiger partial charge in [0.05, 0.1) is 18.8 Å². The van der Waals surface area contributed by atoms with Crippen LogP contribution in [0.1, 0.15) is 38.8 Å². The molecule has 1 heterocycles. The second-order valence-corrected chi connectivity index (χ2v) is 8.88. The first-order valence-electron chi connectivity index (χ1n) is 9.58. The van der Waals surface area contributed by atoms with Gasteiger partial charge in [0.2, 0.25) is 11.8 Å². The summed E-state index contributed by atoms with van der Waals surface area (Å²) in [6.45, 7) is 4.65. The highest BCUT2D eigenvalue weighted by atomic mass is 35.5. The van der Waals surface area contributed by atoms with Crippen LogP contribution in [0.2, 0.25) is 5.02 Å². The van der Waals surface area contributed by atoms with Crippen LogP contribution in [0.5, 0.6) is 0 Å². The molecule has 0 radical (unpaired) electrons. The number of carbonyl (C=O) groups is 3. The van der Waals surface area contributed by atoms with Crippen LogP contribution in [0.25, 0.3) is 0 Å². The Morgan fingerprint density at radius 2 is 1.80 bits per heavy atom. The van der Waals surface area contributed by atoms with Gasteiger partial charge in [-0.2, -0.15) is 0 Å². The number of carboxylic acid groups (broad SMARTS) is 1. The van der Waals surface area contributed by atoms with Crippen LogP contribution in [-0.2, 0) is 9.59 Å². The highest BCUT2D eigenvalue weighted by Crippen LogP contribution is 2.27. The molecule has 0 spiro atoms. The molecule has 166 valence electrons. The fourth-order valence-electron chi connectivity index (χ4n) is 3.44. The van der Waals surface area contributed by atoms with Crippen molar-refractivity contribution in [2.75, 3.05) is 13.2 Å². The van der Waals surface area contributed by atoms with Crippen molar-refractivity contribution in [1.82, 2.24) is 15.5 Å². The summed E-state index contributed by atoms with van der Waals surface area (Å²) in [5.74, 6) is -1.13. The Labute approximate surface area is 180 Å². The predicted octanol–water partition coefficient (Wildman–Crippen LogP) is 1.13. The van der Waals surface area contributed by atoms with Gasteiger partial charge in [-0.1, -0.05) is 44.5 Å². The molecule has 1 aromatic carbocycles. The lowest BCUT2D eigenvalue weighted by Gasteiger charge is -2.35. The minimum absolute atomic E-state index is 0.0142. The second-order valence-electron chi connectivity index (χ2n) is 8.44. The number of β-amino-alcohol motifs (C(OH)–C–C–N with tert-alkyl or cyclic N) is 1. The monoisotopic (exact) mass is 441 g/mol. The van der Waals surface area contributed by atoms with Gasteiger partial charge in [0.15, 0.2) is 0 Å². The highest BCUT2D eigenvalue weighted by Gasteiger charge is 2.44. The summed E-state index contributed by atoms with van der Waals surface area (Å²) >= 11 is 5.87. The summed E-state index contributed by atoms with van der Waals surface area (Å²) in [6.07, 6.45) is -2.26. The first-order valence-corrected chi connectivity index (χ1v) is 9.96. The van der Waals surface area contributed by atoms with E-state index in [9.17, 15) is 24.6 Å². The molecular formula is C20H28ClN3O6. The Morgan fingerprint density at radius 1 is 1.20 bits per heavy atom. The molecule has 1 aromatic rings. The first-order chi connectivity index (χ1) is 13.9. The van der Waals surface area contributed by atoms with E-state index in [1.54, 1.807) is 45.0 Å². The van der Waals surface area contributed by atoms with Crippen molar-refractivity contribution in [3.05, 3.63) is 34.9 Å². The van der Waals surface area contributed by atoms with E-state index in [1.807, 2.05) is 0 Å². The Kier molecular flexibility index (Phi) is 7.68. The molecule has 1 aliphatic heterocycles. The molecule has 0 bridgehead atoms. The van der Waals surface area contributed by atoms with Crippen LogP contribution in [0, 0.1) is 5.41 Å². The number of benzene rings is 1. The number of halogens is 1. The summed E-state index contributed by atoms with van der Waals surface area (Å²) in [6, 6.07) is 3.79. The lowest BCUT2D eigenvalue weighted by Crippen LogP contribution is -2.57. The summed E-state index contributed by atoms with van der Waals surface area (Å²) < 4.78 is 0. The third kappa shape index (κ3) is 5.84. The normalized spacial score (nSPS) is 21.1. The molecule has 10 heteroatoms. The molecular weight excluding hydrogens is 414 g/mol. The molecule has 30 heavy (non-hydrogen) atoms. The number of aliphatic hydroxyl groups is 2. The Balaban J connectivity index is 2.21. The highest BCUT2D eigenvalue weighted by molar-refractivity contribution is 6.30. The predicted molar refractivity (Wildman–Crippen MR) is 110 cm³/mol. The topological polar surface area (TPSA) is 139 Å². The number of nitrogens with one attached hydrogen (secondary N) is 2. The molecule has 5 N–H and O–H groups in total. The van der Waals surface area contributed by atoms with Crippen molar-refractivity contribution in [1.29, 1.82) is 0 Å². The SMILES string of the molecule is CC(C)(C)C(NC(=O)O)C(=O)N1C[C@H](O)C[C@H]1C(=O)N[C@@H](CO)c1ccc(Cl)cc1. The third-order valence-corrected chi connectivity index (χ3v) is 5.27. The maximum atomic E-state index is 13.1. The molecule has 1 aliphatic rings. The van der Waals surface area contributed by atoms with Gasteiger partial charge in [0, 0.05) is 18.0 Å². The van der Waals surface area contributed by atoms with Gasteiger partial charge in [-0.05, 0) is 23.1 Å². The number of hydrogen-bond donors (Lipinski definition) is 5. The van der Waals surface area contributed by atoms with E-state index in [0.29, 0.717) is 10.6 Å². The molecule has 0 saturated carbocycles. The van der Waals surface area contributed by atoms with Crippen molar-refractivity contribution < 1.29 is 29.7 Å². The van der Waals surface area contributed by atoms with E-state index in [1.165, 1.54) is 4.90 Å². The van der Waals surface area contributed by atoms with Crippen molar-refractivity contribution in [3.8, 4) is 0 Å². The van der Waals surface area contributed by atoms with Gasteiger partial charge in [0.25, 0.3) is 0 Å². The van der Waals surface area contributed by atoms with E-state index < -0.39 is 47.6 Å². The Bertz CT molecular complexity index is 780. The number of hydrogen-bond acceptors (Lipinski definition) is 5. The van der Waals surface area contributed by atoms with Crippen LogP contribution in [0.15, 0.2) is 24.3 Å². The zero-order valence-electron chi connectivity index (χ0n) is 17.1. The number of carbonyl (C=O) groups excluding carboxylic acids is 2. The van der Waals surface area contributed by atoms with Crippen LogP contribution < -0.4 is 10.6 Å². The van der Waals surface area contributed by atoms with E-state index in [-0.39, 0.29) is 19.6 Å². The zero-order valence-corrected chi connectivity index (χ0v) is 17.9. The average molecular weight is 442 g/mol. The number of nitrogens with zero attached hydrogens (tertiary/aromatic N) is 1. The third-order valence-electron chi connectivity index (χ3n) is 5.02. The quantitative estimate of drug-likeness (QED) is 0.448. The van der Waals surface area contributed by atoms with Crippen molar-refractivity contribution in [3.63, 3.8) is 0 Å². The van der Waals surface area contributed by atoms with Crippen molar-refractivity contribution in [2.24, 2.45) is 5.41 Å². The summed E-state index contributed by atoms with van der Waals surface area (Å²) in [5, 5.41) is 34.3. The molecule has 3 amide bonds. The minimum Gasteiger partial charge on any atom is -0.465 e. The fourth-order valence-corrected chi connectivity index (χ4v) is 3.57. The summed E-state index contributed by atoms with van der Waals surface area (Å²) in [4.78, 5) is 38.4. The van der Waals surface area contributed by atoms with Gasteiger partial charge in [-0.15, -0.1) is 0 Å². The molecule has 1 fully saturated rings. The molecule has 1 saturated heterocycles. The van der Waals surface area contributed by atoms with Gasteiger partial charge < -0.3 is 30.9 Å². The van der Waals surface area contributed by atoms with Crippen LogP contribution in [-0.4, -0.2) is 69.5 Å². The van der Waals surface area contributed by atoms with Gasteiger partial charge in [-0.3, -0.25) is 9.59 Å². The number of aliphatic hydroxyl groups excluding tert-OH is 2. The minimum atomic E-state index is -1.35. The average Bonchev–Trinajstić information content (AvgIpc) is 3.05. The van der Waals surface area contributed by atoms with E-state index in [2.05, 4.69) is 10.6 Å². The van der Waals surface area contributed by atoms with Crippen molar-refractivity contribution in [2.45, 2.75) is 51.4 Å². The Morgan fingerprint density at radius 3 is 2.30 bits per heavy atom. The van der Waals surface area contributed by atoms with Crippen LogP contribution in [0.3, 0.4) is 0 Å². The maximum Gasteiger partial charge on any atom is 0.405 e. The summed E-state index contributed by atoms with van der Waals surface area (Å²) in [5.41, 5.74) is -0.118. The molecule has 4 atom stereocenters. The molecule has 0 aromatic heterocycles. The van der Waals surface area contributed by atoms with E-state index >= 15 is 0 Å². The van der Waals surface area contributed by atoms with Gasteiger partial charge in [0.1, 0.15) is 12.1 Å². The standard InChI is InChI=1S/C20H28ClN3O6/c1-20(2,3)16(23-19(29)30)18(28)24-9-13(26)8-15(24)17(27)22-14(10-25)11-4-6-12(21)7-5-11/h4-7,13-16,23,25-26H,8-10H2,1-3H3,(H,22,27)(H,29,30)/t13-,14+,15+,16?/m1/s1. The molecule has 1 unspecified atom stereocenters. The largest absolute Gasteiger partial charge is 0.465 e.